The Morgan fingerprint density at radius 3 is 2.62 bits per heavy atom. The average molecular weight is 310 g/mol. The molecule has 0 spiro atoms. The summed E-state index contributed by atoms with van der Waals surface area (Å²) in [6, 6.07) is 4.60. The minimum Gasteiger partial charge on any atom is -0.485 e. The zero-order valence-electron chi connectivity index (χ0n) is 12.1. The third-order valence-corrected chi connectivity index (χ3v) is 4.00. The van der Waals surface area contributed by atoms with E-state index in [4.69, 9.17) is 9.88 Å². The lowest BCUT2D eigenvalue weighted by Gasteiger charge is -2.15. The van der Waals surface area contributed by atoms with Crippen molar-refractivity contribution in [2.75, 3.05) is 0 Å². The molecule has 0 bridgehead atoms. The van der Waals surface area contributed by atoms with Crippen LogP contribution < -0.4 is 9.88 Å². The molecule has 2 N–H and O–H groups in total. The van der Waals surface area contributed by atoms with Crippen molar-refractivity contribution >= 4 is 10.0 Å². The Balaban J connectivity index is 2.29. The van der Waals surface area contributed by atoms with Crippen molar-refractivity contribution in [2.45, 2.75) is 31.3 Å². The molecule has 0 radical (unpaired) electrons. The zero-order valence-corrected chi connectivity index (χ0v) is 13.0. The Morgan fingerprint density at radius 1 is 1.38 bits per heavy atom. The molecule has 0 aliphatic carbocycles. The van der Waals surface area contributed by atoms with Crippen molar-refractivity contribution in [2.24, 2.45) is 12.2 Å². The van der Waals surface area contributed by atoms with Crippen molar-refractivity contribution in [3.63, 3.8) is 0 Å². The number of hydrogen-bond acceptors (Lipinski definition) is 5. The van der Waals surface area contributed by atoms with E-state index < -0.39 is 10.0 Å². The van der Waals surface area contributed by atoms with Crippen LogP contribution in [0.25, 0.3) is 0 Å². The normalized spacial score (nSPS) is 11.9. The van der Waals surface area contributed by atoms with Crippen molar-refractivity contribution < 1.29 is 13.2 Å². The number of primary sulfonamides is 1. The highest BCUT2D eigenvalue weighted by atomic mass is 32.2. The summed E-state index contributed by atoms with van der Waals surface area (Å²) in [7, 11) is -1.90. The van der Waals surface area contributed by atoms with Gasteiger partial charge in [-0.3, -0.25) is 0 Å². The van der Waals surface area contributed by atoms with Gasteiger partial charge in [-0.1, -0.05) is 13.8 Å². The third-order valence-electron chi connectivity index (χ3n) is 3.09. The van der Waals surface area contributed by atoms with E-state index in [1.165, 1.54) is 6.07 Å². The van der Waals surface area contributed by atoms with Gasteiger partial charge >= 0.3 is 0 Å². The van der Waals surface area contributed by atoms with E-state index in [9.17, 15) is 8.42 Å². The van der Waals surface area contributed by atoms with E-state index in [0.29, 0.717) is 11.6 Å². The summed E-state index contributed by atoms with van der Waals surface area (Å²) in [5, 5.41) is 12.9. The van der Waals surface area contributed by atoms with E-state index in [1.807, 2.05) is 20.9 Å². The largest absolute Gasteiger partial charge is 0.485 e. The summed E-state index contributed by atoms with van der Waals surface area (Å²) in [5.74, 6) is 1.39. The highest BCUT2D eigenvalue weighted by Crippen LogP contribution is 2.29. The second-order valence-electron chi connectivity index (χ2n) is 5.05. The molecule has 0 aliphatic rings. The molecule has 0 fully saturated rings. The van der Waals surface area contributed by atoms with Crippen LogP contribution in [0.5, 0.6) is 5.75 Å². The smallest absolute Gasteiger partial charge is 0.238 e. The molecule has 0 aliphatic heterocycles. The van der Waals surface area contributed by atoms with E-state index in [1.54, 1.807) is 23.0 Å². The van der Waals surface area contributed by atoms with Crippen LogP contribution in [0.1, 0.15) is 31.2 Å². The van der Waals surface area contributed by atoms with E-state index >= 15 is 0 Å². The molecule has 2 aromatic rings. The lowest BCUT2D eigenvalue weighted by Crippen LogP contribution is -2.13. The molecule has 2 rings (SSSR count). The fraction of sp³-hybridized carbons (Fsp3) is 0.385. The first-order valence-electron chi connectivity index (χ1n) is 6.41. The maximum atomic E-state index is 11.4. The Labute approximate surface area is 123 Å². The predicted molar refractivity (Wildman–Crippen MR) is 77.2 cm³/mol. The number of aryl methyl sites for hydroxylation is 1. The highest BCUT2D eigenvalue weighted by Gasteiger charge is 2.15. The van der Waals surface area contributed by atoms with Gasteiger partial charge in [0.2, 0.25) is 10.0 Å². The second-order valence-corrected chi connectivity index (χ2v) is 6.61. The molecule has 0 saturated carbocycles. The number of rotatable bonds is 5. The monoisotopic (exact) mass is 310 g/mol. The van der Waals surface area contributed by atoms with Gasteiger partial charge in [0.15, 0.2) is 5.82 Å². The van der Waals surface area contributed by atoms with Gasteiger partial charge in [0.25, 0.3) is 0 Å². The van der Waals surface area contributed by atoms with E-state index in [0.717, 1.165) is 5.56 Å². The fourth-order valence-electron chi connectivity index (χ4n) is 1.87. The van der Waals surface area contributed by atoms with Crippen molar-refractivity contribution in [3.8, 4) is 5.75 Å². The van der Waals surface area contributed by atoms with Gasteiger partial charge < -0.3 is 9.30 Å². The molecule has 21 heavy (non-hydrogen) atoms. The zero-order chi connectivity index (χ0) is 15.6. The summed E-state index contributed by atoms with van der Waals surface area (Å²) in [4.78, 5) is 0.0807. The quantitative estimate of drug-likeness (QED) is 0.893. The van der Waals surface area contributed by atoms with Crippen LogP contribution in [-0.2, 0) is 23.7 Å². The lowest BCUT2D eigenvalue weighted by molar-refractivity contribution is 0.287. The SMILES string of the molecule is CC(C)c1cc(S(N)(=O)=O)ccc1OCc1nncn1C. The van der Waals surface area contributed by atoms with Crippen LogP contribution in [0.3, 0.4) is 0 Å². The number of sulfonamides is 1. The standard InChI is InChI=1S/C13H18N4O3S/c1-9(2)11-6-10(21(14,18)19)4-5-12(11)20-7-13-16-15-8-17(13)3/h4-6,8-9H,7H2,1-3H3,(H2,14,18,19). The van der Waals surface area contributed by atoms with Crippen molar-refractivity contribution in [3.05, 3.63) is 35.9 Å². The van der Waals surface area contributed by atoms with Gasteiger partial charge in [0, 0.05) is 7.05 Å². The van der Waals surface area contributed by atoms with Crippen LogP contribution in [0.4, 0.5) is 0 Å². The molecule has 1 aromatic heterocycles. The molecule has 8 heteroatoms. The van der Waals surface area contributed by atoms with Crippen LogP contribution in [0.15, 0.2) is 29.4 Å². The van der Waals surface area contributed by atoms with Gasteiger partial charge in [0.05, 0.1) is 4.90 Å². The van der Waals surface area contributed by atoms with Gasteiger partial charge in [-0.05, 0) is 29.7 Å². The van der Waals surface area contributed by atoms with Crippen LogP contribution in [0, 0.1) is 0 Å². The van der Waals surface area contributed by atoms with Crippen LogP contribution in [0.2, 0.25) is 0 Å². The van der Waals surface area contributed by atoms with Crippen molar-refractivity contribution in [1.29, 1.82) is 0 Å². The fourth-order valence-corrected chi connectivity index (χ4v) is 2.42. The summed E-state index contributed by atoms with van der Waals surface area (Å²) in [5.41, 5.74) is 0.781. The Kier molecular flexibility index (Phi) is 4.29. The molecule has 0 unspecified atom stereocenters. The first-order valence-corrected chi connectivity index (χ1v) is 7.96. The first-order chi connectivity index (χ1) is 9.79. The van der Waals surface area contributed by atoms with Gasteiger partial charge in [-0.2, -0.15) is 0 Å². The second kappa shape index (κ2) is 5.82. The number of nitrogens with two attached hydrogens (primary N) is 1. The average Bonchev–Trinajstić information content (AvgIpc) is 2.80. The van der Waals surface area contributed by atoms with Crippen LogP contribution >= 0.6 is 0 Å². The summed E-state index contributed by atoms with van der Waals surface area (Å²) in [6.45, 7) is 4.17. The van der Waals surface area contributed by atoms with E-state index in [-0.39, 0.29) is 17.4 Å². The summed E-state index contributed by atoms with van der Waals surface area (Å²) >= 11 is 0. The maximum Gasteiger partial charge on any atom is 0.238 e. The van der Waals surface area contributed by atoms with Gasteiger partial charge in [-0.15, -0.1) is 10.2 Å². The number of hydrogen-bond donors (Lipinski definition) is 1. The Bertz CT molecular complexity index is 738. The number of ether oxygens (including phenoxy) is 1. The molecule has 1 aromatic carbocycles. The maximum absolute atomic E-state index is 11.4. The molecule has 7 nitrogen and oxygen atoms in total. The third kappa shape index (κ3) is 3.59. The Morgan fingerprint density at radius 2 is 2.10 bits per heavy atom. The molecule has 0 amide bonds. The molecular formula is C13H18N4O3S. The number of benzene rings is 1. The van der Waals surface area contributed by atoms with Crippen molar-refractivity contribution in [1.82, 2.24) is 14.8 Å². The summed E-state index contributed by atoms with van der Waals surface area (Å²) < 4.78 is 30.3. The van der Waals surface area contributed by atoms with E-state index in [2.05, 4.69) is 10.2 Å². The molecular weight excluding hydrogens is 292 g/mol. The summed E-state index contributed by atoms with van der Waals surface area (Å²) in [6.07, 6.45) is 1.59. The Hall–Kier alpha value is -1.93. The number of aromatic nitrogens is 3. The molecule has 0 saturated heterocycles. The topological polar surface area (TPSA) is 100 Å². The van der Waals surface area contributed by atoms with Crippen LogP contribution in [-0.4, -0.2) is 23.2 Å². The van der Waals surface area contributed by atoms with Gasteiger partial charge in [-0.25, -0.2) is 13.6 Å². The molecule has 0 atom stereocenters. The number of nitrogens with zero attached hydrogens (tertiary/aromatic N) is 3. The minimum absolute atomic E-state index is 0.0807. The highest BCUT2D eigenvalue weighted by molar-refractivity contribution is 7.89. The predicted octanol–water partition coefficient (Wildman–Crippen LogP) is 1.16. The molecule has 114 valence electrons. The lowest BCUT2D eigenvalue weighted by atomic mass is 10.0. The first kappa shape index (κ1) is 15.5. The van der Waals surface area contributed by atoms with Gasteiger partial charge in [0.1, 0.15) is 18.7 Å². The minimum atomic E-state index is -3.72. The molecule has 1 heterocycles.